The van der Waals surface area contributed by atoms with Gasteiger partial charge in [-0.1, -0.05) is 32.0 Å². The summed E-state index contributed by atoms with van der Waals surface area (Å²) < 4.78 is 42.9. The Hall–Kier alpha value is -2.77. The molecular weight excluding hydrogens is 465 g/mol. The zero-order valence-corrected chi connectivity index (χ0v) is 20.1. The van der Waals surface area contributed by atoms with Gasteiger partial charge in [0, 0.05) is 21.8 Å². The summed E-state index contributed by atoms with van der Waals surface area (Å²) in [6, 6.07) is 10.8. The lowest BCUT2D eigenvalue weighted by Gasteiger charge is -2.22. The summed E-state index contributed by atoms with van der Waals surface area (Å²) in [5.74, 6) is -1.03. The number of nitrogens with zero attached hydrogens (tertiary/aromatic N) is 1. The molecule has 1 aliphatic carbocycles. The third kappa shape index (κ3) is 4.39. The van der Waals surface area contributed by atoms with Crippen molar-refractivity contribution in [3.8, 4) is 22.4 Å². The molecule has 33 heavy (non-hydrogen) atoms. The standard InChI is InChI=1S/C25H23ClFNO4S/c1-14(2)23-22(25(29)32-3)21(16-7-10-17(27)11-8-16)19-6-4-5-15-9-12-18(33(26,30)31)13-20(15)24(19)28-23/h7-14H,4-6H2,1-3H3. The number of rotatable bonds is 4. The third-order valence-electron chi connectivity index (χ3n) is 5.89. The van der Waals surface area contributed by atoms with E-state index in [1.54, 1.807) is 24.3 Å². The highest BCUT2D eigenvalue weighted by Crippen LogP contribution is 2.42. The number of methoxy groups -OCH3 is 1. The van der Waals surface area contributed by atoms with E-state index in [2.05, 4.69) is 0 Å². The molecule has 0 amide bonds. The second-order valence-electron chi connectivity index (χ2n) is 8.34. The smallest absolute Gasteiger partial charge is 0.340 e. The largest absolute Gasteiger partial charge is 0.465 e. The lowest BCUT2D eigenvalue weighted by molar-refractivity contribution is 0.0599. The van der Waals surface area contributed by atoms with Crippen LogP contribution in [0.25, 0.3) is 22.4 Å². The number of fused-ring (bicyclic) bond motifs is 3. The highest BCUT2D eigenvalue weighted by atomic mass is 35.7. The van der Waals surface area contributed by atoms with Crippen LogP contribution in [0.3, 0.4) is 0 Å². The summed E-state index contributed by atoms with van der Waals surface area (Å²) in [6.45, 7) is 3.85. The van der Waals surface area contributed by atoms with Gasteiger partial charge in [0.1, 0.15) is 5.82 Å². The van der Waals surface area contributed by atoms with Crippen LogP contribution in [0.2, 0.25) is 0 Å². The Balaban J connectivity index is 2.15. The fourth-order valence-electron chi connectivity index (χ4n) is 4.37. The lowest BCUT2D eigenvalue weighted by Crippen LogP contribution is -2.15. The van der Waals surface area contributed by atoms with Crippen molar-refractivity contribution < 1.29 is 22.3 Å². The normalized spacial score (nSPS) is 13.3. The molecule has 0 saturated carbocycles. The Morgan fingerprint density at radius 1 is 1.12 bits per heavy atom. The predicted octanol–water partition coefficient (Wildman–Crippen LogP) is 5.88. The molecule has 0 unspecified atom stereocenters. The molecule has 4 rings (SSSR count). The van der Waals surface area contributed by atoms with Crippen LogP contribution in [0.15, 0.2) is 47.4 Å². The van der Waals surface area contributed by atoms with E-state index in [1.807, 2.05) is 13.8 Å². The molecule has 1 aromatic heterocycles. The first-order valence-electron chi connectivity index (χ1n) is 10.6. The van der Waals surface area contributed by atoms with Gasteiger partial charge in [-0.2, -0.15) is 0 Å². The summed E-state index contributed by atoms with van der Waals surface area (Å²) >= 11 is 0. The minimum atomic E-state index is -3.94. The van der Waals surface area contributed by atoms with Crippen LogP contribution in [0.1, 0.15) is 53.4 Å². The number of carbonyl (C=O) groups is 1. The molecule has 0 saturated heterocycles. The predicted molar refractivity (Wildman–Crippen MR) is 126 cm³/mol. The zero-order chi connectivity index (χ0) is 23.9. The molecule has 0 atom stereocenters. The number of aromatic nitrogens is 1. The van der Waals surface area contributed by atoms with Gasteiger partial charge in [-0.15, -0.1) is 0 Å². The number of pyridine rings is 1. The van der Waals surface area contributed by atoms with Crippen LogP contribution in [0.4, 0.5) is 4.39 Å². The quantitative estimate of drug-likeness (QED) is 0.339. The Bertz CT molecular complexity index is 1350. The maximum Gasteiger partial charge on any atom is 0.340 e. The van der Waals surface area contributed by atoms with E-state index in [0.717, 1.165) is 17.5 Å². The molecule has 2 aromatic carbocycles. The summed E-state index contributed by atoms with van der Waals surface area (Å²) in [7, 11) is 3.01. The van der Waals surface area contributed by atoms with Crippen LogP contribution in [-0.2, 0) is 26.6 Å². The molecule has 5 nitrogen and oxygen atoms in total. The van der Waals surface area contributed by atoms with Crippen molar-refractivity contribution in [2.75, 3.05) is 7.11 Å². The Morgan fingerprint density at radius 3 is 2.42 bits per heavy atom. The maximum absolute atomic E-state index is 13.7. The molecule has 1 aliphatic rings. The number of benzene rings is 2. The number of esters is 1. The first kappa shape index (κ1) is 23.4. The van der Waals surface area contributed by atoms with Gasteiger partial charge in [-0.25, -0.2) is 17.6 Å². The zero-order valence-electron chi connectivity index (χ0n) is 18.5. The molecule has 0 bridgehead atoms. The Kier molecular flexibility index (Phi) is 6.29. The van der Waals surface area contributed by atoms with Gasteiger partial charge in [0.15, 0.2) is 0 Å². The highest BCUT2D eigenvalue weighted by Gasteiger charge is 2.30. The van der Waals surface area contributed by atoms with Crippen LogP contribution < -0.4 is 0 Å². The number of halogens is 2. The van der Waals surface area contributed by atoms with Crippen molar-refractivity contribution in [1.29, 1.82) is 0 Å². The van der Waals surface area contributed by atoms with Crippen molar-refractivity contribution in [2.45, 2.75) is 43.9 Å². The summed E-state index contributed by atoms with van der Waals surface area (Å²) in [6.07, 6.45) is 2.08. The molecule has 1 heterocycles. The molecule has 0 radical (unpaired) electrons. The van der Waals surface area contributed by atoms with Gasteiger partial charge in [0.2, 0.25) is 0 Å². The average molecular weight is 488 g/mol. The van der Waals surface area contributed by atoms with E-state index < -0.39 is 15.0 Å². The number of aryl methyl sites for hydroxylation is 1. The molecule has 8 heteroatoms. The highest BCUT2D eigenvalue weighted by molar-refractivity contribution is 8.13. The number of hydrogen-bond acceptors (Lipinski definition) is 5. The molecule has 0 spiro atoms. The number of hydrogen-bond donors (Lipinski definition) is 0. The van der Waals surface area contributed by atoms with E-state index in [0.29, 0.717) is 46.5 Å². The molecule has 0 fully saturated rings. The maximum atomic E-state index is 13.7. The summed E-state index contributed by atoms with van der Waals surface area (Å²) in [4.78, 5) is 17.9. The monoisotopic (exact) mass is 487 g/mol. The van der Waals surface area contributed by atoms with Gasteiger partial charge in [-0.05, 0) is 66.1 Å². The Labute approximate surface area is 197 Å². The topological polar surface area (TPSA) is 73.3 Å². The van der Waals surface area contributed by atoms with E-state index in [1.165, 1.54) is 25.3 Å². The van der Waals surface area contributed by atoms with Gasteiger partial charge in [-0.3, -0.25) is 4.98 Å². The van der Waals surface area contributed by atoms with Crippen LogP contribution in [-0.4, -0.2) is 26.5 Å². The molecular formula is C25H23ClFNO4S. The van der Waals surface area contributed by atoms with Gasteiger partial charge >= 0.3 is 5.97 Å². The number of ether oxygens (including phenoxy) is 1. The van der Waals surface area contributed by atoms with E-state index >= 15 is 0 Å². The van der Waals surface area contributed by atoms with Gasteiger partial charge < -0.3 is 4.74 Å². The molecule has 172 valence electrons. The fourth-order valence-corrected chi connectivity index (χ4v) is 5.15. The van der Waals surface area contributed by atoms with Crippen molar-refractivity contribution in [3.63, 3.8) is 0 Å². The van der Waals surface area contributed by atoms with Crippen LogP contribution >= 0.6 is 10.7 Å². The van der Waals surface area contributed by atoms with E-state index in [4.69, 9.17) is 20.4 Å². The average Bonchev–Trinajstić information content (AvgIpc) is 2.96. The number of carbonyl (C=O) groups excluding carboxylic acids is 1. The van der Waals surface area contributed by atoms with Gasteiger partial charge in [0.25, 0.3) is 9.05 Å². The fraction of sp³-hybridized carbons (Fsp3) is 0.280. The van der Waals surface area contributed by atoms with E-state index in [9.17, 15) is 17.6 Å². The van der Waals surface area contributed by atoms with E-state index in [-0.39, 0.29) is 16.6 Å². The molecule has 0 aliphatic heterocycles. The van der Waals surface area contributed by atoms with Crippen LogP contribution in [0.5, 0.6) is 0 Å². The van der Waals surface area contributed by atoms with Gasteiger partial charge in [0.05, 0.1) is 29.0 Å². The molecule has 3 aromatic rings. The van der Waals surface area contributed by atoms with Crippen molar-refractivity contribution in [2.24, 2.45) is 0 Å². The Morgan fingerprint density at radius 2 is 1.82 bits per heavy atom. The minimum Gasteiger partial charge on any atom is -0.465 e. The minimum absolute atomic E-state index is 0.0101. The summed E-state index contributed by atoms with van der Waals surface area (Å²) in [5.41, 5.74) is 5.23. The van der Waals surface area contributed by atoms with Crippen molar-refractivity contribution >= 4 is 25.7 Å². The third-order valence-corrected chi connectivity index (χ3v) is 7.24. The SMILES string of the molecule is COC(=O)c1c(C(C)C)nc2c(c1-c1ccc(F)cc1)CCCc1ccc(S(=O)(=O)Cl)cc1-2. The van der Waals surface area contributed by atoms with Crippen molar-refractivity contribution in [3.05, 3.63) is 70.7 Å². The second kappa shape index (κ2) is 8.88. The first-order chi connectivity index (χ1) is 15.6. The molecule has 0 N–H and O–H groups in total. The summed E-state index contributed by atoms with van der Waals surface area (Å²) in [5, 5.41) is 0. The van der Waals surface area contributed by atoms with Crippen molar-refractivity contribution in [1.82, 2.24) is 4.98 Å². The van der Waals surface area contributed by atoms with Crippen LogP contribution in [0, 0.1) is 5.82 Å². The second-order valence-corrected chi connectivity index (χ2v) is 10.9. The lowest BCUT2D eigenvalue weighted by atomic mass is 9.87. The first-order valence-corrected chi connectivity index (χ1v) is 12.9.